The molecule has 1 heterocycles. The van der Waals surface area contributed by atoms with Gasteiger partial charge < -0.3 is 5.73 Å². The maximum Gasteiger partial charge on any atom is 0.263 e. The van der Waals surface area contributed by atoms with Crippen molar-refractivity contribution in [2.45, 2.75) is 18.7 Å². The van der Waals surface area contributed by atoms with Crippen molar-refractivity contribution in [3.63, 3.8) is 0 Å². The van der Waals surface area contributed by atoms with Gasteiger partial charge in [-0.15, -0.1) is 0 Å². The Balaban J connectivity index is 2.45. The van der Waals surface area contributed by atoms with Crippen LogP contribution in [0.1, 0.15) is 11.1 Å². The molecule has 0 saturated carbocycles. The van der Waals surface area contributed by atoms with E-state index in [1.165, 1.54) is 18.3 Å². The Hall–Kier alpha value is -1.31. The Labute approximate surface area is 136 Å². The van der Waals surface area contributed by atoms with Crippen LogP contribution in [0.3, 0.4) is 0 Å². The van der Waals surface area contributed by atoms with Gasteiger partial charge in [-0.05, 0) is 59.1 Å². The number of sulfonamides is 1. The van der Waals surface area contributed by atoms with Gasteiger partial charge >= 0.3 is 0 Å². The summed E-state index contributed by atoms with van der Waals surface area (Å²) in [6.45, 7) is 3.46. The number of nitrogens with two attached hydrogens (primary N) is 1. The first-order valence-electron chi connectivity index (χ1n) is 5.91. The van der Waals surface area contributed by atoms with Crippen LogP contribution in [0.2, 0.25) is 5.02 Å². The van der Waals surface area contributed by atoms with Gasteiger partial charge in [0.25, 0.3) is 10.0 Å². The predicted molar refractivity (Wildman–Crippen MR) is 88.1 cm³/mol. The van der Waals surface area contributed by atoms with E-state index in [9.17, 15) is 8.42 Å². The Morgan fingerprint density at radius 3 is 2.57 bits per heavy atom. The van der Waals surface area contributed by atoms with Crippen molar-refractivity contribution in [1.29, 1.82) is 0 Å². The highest BCUT2D eigenvalue weighted by Crippen LogP contribution is 2.27. The van der Waals surface area contributed by atoms with Gasteiger partial charge in [-0.2, -0.15) is 0 Å². The summed E-state index contributed by atoms with van der Waals surface area (Å²) in [5.41, 5.74) is 7.39. The molecule has 0 aliphatic rings. The molecule has 0 saturated heterocycles. The van der Waals surface area contributed by atoms with Gasteiger partial charge in [-0.1, -0.05) is 11.6 Å². The van der Waals surface area contributed by atoms with Crippen molar-refractivity contribution < 1.29 is 8.42 Å². The summed E-state index contributed by atoms with van der Waals surface area (Å²) >= 11 is 9.19. The number of pyridine rings is 1. The molecule has 0 spiro atoms. The van der Waals surface area contributed by atoms with E-state index < -0.39 is 10.0 Å². The first-order chi connectivity index (χ1) is 9.70. The molecule has 0 fully saturated rings. The number of nitrogens with zero attached hydrogens (tertiary/aromatic N) is 1. The number of halogens is 2. The van der Waals surface area contributed by atoms with Crippen LogP contribution in [0.5, 0.6) is 0 Å². The lowest BCUT2D eigenvalue weighted by Gasteiger charge is -2.12. The fourth-order valence-electron chi connectivity index (χ4n) is 1.74. The van der Waals surface area contributed by atoms with Crippen molar-refractivity contribution in [2.24, 2.45) is 0 Å². The van der Waals surface area contributed by atoms with Crippen molar-refractivity contribution in [3.8, 4) is 0 Å². The van der Waals surface area contributed by atoms with Gasteiger partial charge in [-0.25, -0.2) is 13.4 Å². The Morgan fingerprint density at radius 2 is 1.95 bits per heavy atom. The summed E-state index contributed by atoms with van der Waals surface area (Å²) in [7, 11) is -3.81. The number of nitrogens with one attached hydrogen (secondary N) is 1. The zero-order chi connectivity index (χ0) is 15.8. The van der Waals surface area contributed by atoms with Crippen LogP contribution in [0.25, 0.3) is 0 Å². The highest BCUT2D eigenvalue weighted by atomic mass is 79.9. The van der Waals surface area contributed by atoms with E-state index >= 15 is 0 Å². The second-order valence-electron chi connectivity index (χ2n) is 4.54. The van der Waals surface area contributed by atoms with Crippen LogP contribution in [-0.2, 0) is 10.0 Å². The van der Waals surface area contributed by atoms with E-state index in [0.717, 1.165) is 10.0 Å². The van der Waals surface area contributed by atoms with Gasteiger partial charge in [0.15, 0.2) is 0 Å². The first kappa shape index (κ1) is 16.1. The van der Waals surface area contributed by atoms with Crippen LogP contribution in [-0.4, -0.2) is 13.4 Å². The number of nitrogen functional groups attached to an aromatic ring is 1. The number of anilines is 2. The second kappa shape index (κ2) is 5.82. The smallest absolute Gasteiger partial charge is 0.263 e. The third-order valence-electron chi connectivity index (χ3n) is 2.94. The summed E-state index contributed by atoms with van der Waals surface area (Å²) in [6.07, 6.45) is 1.53. The minimum absolute atomic E-state index is 0.0369. The SMILES string of the molecule is Cc1cc(NS(=O)(=O)c2cc(Cl)cc(N)c2C)ncc1Br. The lowest BCUT2D eigenvalue weighted by molar-refractivity contribution is 0.600. The lowest BCUT2D eigenvalue weighted by Crippen LogP contribution is -2.16. The Bertz CT molecular complexity index is 809. The summed E-state index contributed by atoms with van der Waals surface area (Å²) in [4.78, 5) is 4.06. The normalized spacial score (nSPS) is 11.4. The molecule has 3 N–H and O–H groups in total. The molecular weight excluding hydrogens is 378 g/mol. The van der Waals surface area contributed by atoms with Gasteiger partial charge in [0.05, 0.1) is 4.90 Å². The van der Waals surface area contributed by atoms with Crippen LogP contribution in [0, 0.1) is 13.8 Å². The molecule has 1 aromatic carbocycles. The zero-order valence-corrected chi connectivity index (χ0v) is 14.5. The van der Waals surface area contributed by atoms with Crippen LogP contribution < -0.4 is 10.5 Å². The minimum Gasteiger partial charge on any atom is -0.398 e. The molecular formula is C13H13BrClN3O2S. The van der Waals surface area contributed by atoms with Gasteiger partial charge in [0.1, 0.15) is 5.82 Å². The molecule has 1 aromatic heterocycles. The average Bonchev–Trinajstić information content (AvgIpc) is 2.37. The molecule has 8 heteroatoms. The van der Waals surface area contributed by atoms with Crippen LogP contribution >= 0.6 is 27.5 Å². The molecule has 112 valence electrons. The number of rotatable bonds is 3. The molecule has 0 amide bonds. The van der Waals surface area contributed by atoms with Crippen LogP contribution in [0.4, 0.5) is 11.5 Å². The van der Waals surface area contributed by atoms with Crippen molar-refractivity contribution in [3.05, 3.63) is 45.0 Å². The summed E-state index contributed by atoms with van der Waals surface area (Å²) < 4.78 is 28.1. The molecule has 0 aliphatic heterocycles. The molecule has 0 aliphatic carbocycles. The molecule has 0 unspecified atom stereocenters. The molecule has 2 aromatic rings. The predicted octanol–water partition coefficient (Wildman–Crippen LogP) is 3.50. The maximum absolute atomic E-state index is 12.4. The van der Waals surface area contributed by atoms with Crippen molar-refractivity contribution in [2.75, 3.05) is 10.5 Å². The van der Waals surface area contributed by atoms with Gasteiger partial charge in [0, 0.05) is 21.4 Å². The van der Waals surface area contributed by atoms with Crippen LogP contribution in [0.15, 0.2) is 33.8 Å². The Kier molecular flexibility index (Phi) is 4.46. The largest absolute Gasteiger partial charge is 0.398 e. The number of benzene rings is 1. The quantitative estimate of drug-likeness (QED) is 0.786. The average molecular weight is 391 g/mol. The molecule has 21 heavy (non-hydrogen) atoms. The highest BCUT2D eigenvalue weighted by molar-refractivity contribution is 9.10. The van der Waals surface area contributed by atoms with E-state index in [4.69, 9.17) is 17.3 Å². The fraction of sp³-hybridized carbons (Fsp3) is 0.154. The molecule has 5 nitrogen and oxygen atoms in total. The van der Waals surface area contributed by atoms with E-state index in [0.29, 0.717) is 11.3 Å². The molecule has 0 radical (unpaired) electrons. The van der Waals surface area contributed by atoms with Gasteiger partial charge in [0.2, 0.25) is 0 Å². The molecule has 0 atom stereocenters. The fourth-order valence-corrected chi connectivity index (χ4v) is 3.55. The monoisotopic (exact) mass is 389 g/mol. The molecule has 2 rings (SSSR count). The third kappa shape index (κ3) is 3.48. The summed E-state index contributed by atoms with van der Waals surface area (Å²) in [5, 5.41) is 0.262. The van der Waals surface area contributed by atoms with E-state index in [1.54, 1.807) is 13.0 Å². The summed E-state index contributed by atoms with van der Waals surface area (Å²) in [5.74, 6) is 0.230. The molecule has 0 bridgehead atoms. The first-order valence-corrected chi connectivity index (χ1v) is 8.56. The van der Waals surface area contributed by atoms with Crippen molar-refractivity contribution in [1.82, 2.24) is 4.98 Å². The standard InChI is InChI=1S/C13H13BrClN3O2S/c1-7-3-13(17-6-10(7)14)18-21(19,20)12-5-9(15)4-11(16)8(12)2/h3-6H,16H2,1-2H3,(H,17,18). The topological polar surface area (TPSA) is 85.1 Å². The lowest BCUT2D eigenvalue weighted by atomic mass is 10.2. The highest BCUT2D eigenvalue weighted by Gasteiger charge is 2.20. The number of aromatic nitrogens is 1. The van der Waals surface area contributed by atoms with Gasteiger partial charge in [-0.3, -0.25) is 4.72 Å². The number of aryl methyl sites for hydroxylation is 1. The van der Waals surface area contributed by atoms with E-state index in [-0.39, 0.29) is 15.7 Å². The zero-order valence-electron chi connectivity index (χ0n) is 11.3. The number of hydrogen-bond donors (Lipinski definition) is 2. The third-order valence-corrected chi connectivity index (χ3v) is 5.47. The number of hydrogen-bond acceptors (Lipinski definition) is 4. The van der Waals surface area contributed by atoms with E-state index in [2.05, 4.69) is 25.6 Å². The Morgan fingerprint density at radius 1 is 1.29 bits per heavy atom. The second-order valence-corrected chi connectivity index (χ2v) is 7.48. The minimum atomic E-state index is -3.81. The summed E-state index contributed by atoms with van der Waals surface area (Å²) in [6, 6.07) is 4.50. The van der Waals surface area contributed by atoms with E-state index in [1.807, 2.05) is 6.92 Å². The van der Waals surface area contributed by atoms with Crippen molar-refractivity contribution >= 4 is 49.1 Å². The maximum atomic E-state index is 12.4.